The van der Waals surface area contributed by atoms with E-state index in [-0.39, 0.29) is 18.1 Å². The lowest BCUT2D eigenvalue weighted by Crippen LogP contribution is -2.37. The Bertz CT molecular complexity index is 759. The highest BCUT2D eigenvalue weighted by Crippen LogP contribution is 2.19. The van der Waals surface area contributed by atoms with Crippen LogP contribution in [-0.2, 0) is 6.54 Å². The SMILES string of the molecule is N#Cc1ccc(CNC(=O)NC[C@H](O)c2ccc(Cl)c(F)c2)cc1. The van der Waals surface area contributed by atoms with Gasteiger partial charge in [0.1, 0.15) is 5.82 Å². The van der Waals surface area contributed by atoms with Crippen LogP contribution in [0.5, 0.6) is 0 Å². The van der Waals surface area contributed by atoms with Gasteiger partial charge in [-0.1, -0.05) is 29.8 Å². The highest BCUT2D eigenvalue weighted by Gasteiger charge is 2.11. The maximum atomic E-state index is 13.3. The second-order valence-electron chi connectivity index (χ2n) is 5.06. The van der Waals surface area contributed by atoms with Crippen molar-refractivity contribution in [3.63, 3.8) is 0 Å². The largest absolute Gasteiger partial charge is 0.387 e. The Morgan fingerprint density at radius 3 is 2.58 bits per heavy atom. The number of aliphatic hydroxyl groups is 1. The molecule has 24 heavy (non-hydrogen) atoms. The first kappa shape index (κ1) is 17.7. The third-order valence-corrected chi connectivity index (χ3v) is 3.63. The summed E-state index contributed by atoms with van der Waals surface area (Å²) in [6.07, 6.45) is -1.04. The molecule has 0 fully saturated rings. The van der Waals surface area contributed by atoms with Gasteiger partial charge in [0.15, 0.2) is 0 Å². The predicted octanol–water partition coefficient (Wildman–Crippen LogP) is 2.88. The van der Waals surface area contributed by atoms with Crippen molar-refractivity contribution in [2.75, 3.05) is 6.54 Å². The molecule has 1 atom stereocenters. The topological polar surface area (TPSA) is 85.2 Å². The van der Waals surface area contributed by atoms with Crippen molar-refractivity contribution in [2.24, 2.45) is 0 Å². The molecule has 0 aliphatic heterocycles. The van der Waals surface area contributed by atoms with Crippen molar-refractivity contribution in [2.45, 2.75) is 12.6 Å². The molecule has 0 aliphatic rings. The number of amides is 2. The van der Waals surface area contributed by atoms with Crippen molar-refractivity contribution in [1.29, 1.82) is 5.26 Å². The van der Waals surface area contributed by atoms with Crippen LogP contribution in [0.15, 0.2) is 42.5 Å². The van der Waals surface area contributed by atoms with Gasteiger partial charge in [-0.3, -0.25) is 0 Å². The molecule has 0 heterocycles. The molecule has 0 radical (unpaired) electrons. The molecule has 5 nitrogen and oxygen atoms in total. The monoisotopic (exact) mass is 347 g/mol. The van der Waals surface area contributed by atoms with Crippen LogP contribution in [0, 0.1) is 17.1 Å². The molecule has 2 aromatic carbocycles. The van der Waals surface area contributed by atoms with Crippen LogP contribution in [-0.4, -0.2) is 17.7 Å². The number of urea groups is 1. The number of carbonyl (C=O) groups is 1. The van der Waals surface area contributed by atoms with Crippen molar-refractivity contribution in [3.05, 3.63) is 70.0 Å². The number of aliphatic hydroxyl groups excluding tert-OH is 1. The van der Waals surface area contributed by atoms with Gasteiger partial charge in [0.25, 0.3) is 0 Å². The van der Waals surface area contributed by atoms with Crippen molar-refractivity contribution < 1.29 is 14.3 Å². The minimum Gasteiger partial charge on any atom is -0.387 e. The van der Waals surface area contributed by atoms with E-state index in [0.29, 0.717) is 11.1 Å². The lowest BCUT2D eigenvalue weighted by atomic mass is 10.1. The van der Waals surface area contributed by atoms with Gasteiger partial charge in [0.2, 0.25) is 0 Å². The third kappa shape index (κ3) is 4.95. The molecular weight excluding hydrogens is 333 g/mol. The number of nitriles is 1. The summed E-state index contributed by atoms with van der Waals surface area (Å²) in [7, 11) is 0. The van der Waals surface area contributed by atoms with Gasteiger partial charge in [-0.2, -0.15) is 5.26 Å². The first-order valence-corrected chi connectivity index (χ1v) is 7.51. The molecule has 0 saturated heterocycles. The van der Waals surface area contributed by atoms with Crippen LogP contribution in [0.25, 0.3) is 0 Å². The number of hydrogen-bond acceptors (Lipinski definition) is 3. The van der Waals surface area contributed by atoms with Gasteiger partial charge in [0.05, 0.1) is 22.8 Å². The lowest BCUT2D eigenvalue weighted by molar-refractivity contribution is 0.172. The summed E-state index contributed by atoms with van der Waals surface area (Å²) >= 11 is 5.58. The number of carbonyl (C=O) groups excluding carboxylic acids is 1. The molecule has 2 amide bonds. The Labute approximate surface area is 143 Å². The number of benzene rings is 2. The number of hydrogen-bond donors (Lipinski definition) is 3. The summed E-state index contributed by atoms with van der Waals surface area (Å²) in [5.41, 5.74) is 1.70. The zero-order valence-electron chi connectivity index (χ0n) is 12.6. The van der Waals surface area contributed by atoms with E-state index in [0.717, 1.165) is 11.6 Å². The minimum absolute atomic E-state index is 0.0286. The van der Waals surface area contributed by atoms with Crippen molar-refractivity contribution in [3.8, 4) is 6.07 Å². The normalized spacial score (nSPS) is 11.4. The molecule has 2 aromatic rings. The van der Waals surface area contributed by atoms with Gasteiger partial charge in [-0.25, -0.2) is 9.18 Å². The van der Waals surface area contributed by atoms with Gasteiger partial charge in [-0.05, 0) is 35.4 Å². The molecular formula is C17H15ClFN3O2. The van der Waals surface area contributed by atoms with E-state index in [1.807, 2.05) is 6.07 Å². The Balaban J connectivity index is 1.79. The zero-order valence-corrected chi connectivity index (χ0v) is 13.3. The molecule has 0 bridgehead atoms. The Morgan fingerprint density at radius 2 is 1.96 bits per heavy atom. The fourth-order valence-corrected chi connectivity index (χ4v) is 2.09. The summed E-state index contributed by atoms with van der Waals surface area (Å²) < 4.78 is 13.3. The van der Waals surface area contributed by atoms with Crippen molar-refractivity contribution >= 4 is 17.6 Å². The van der Waals surface area contributed by atoms with E-state index in [2.05, 4.69) is 10.6 Å². The fourth-order valence-electron chi connectivity index (χ4n) is 1.97. The summed E-state index contributed by atoms with van der Waals surface area (Å²) in [5, 5.41) is 23.8. The third-order valence-electron chi connectivity index (χ3n) is 3.32. The molecule has 0 aromatic heterocycles. The molecule has 124 valence electrons. The maximum absolute atomic E-state index is 13.3. The second-order valence-corrected chi connectivity index (χ2v) is 5.47. The van der Waals surface area contributed by atoms with E-state index < -0.39 is 18.0 Å². The van der Waals surface area contributed by atoms with Crippen LogP contribution < -0.4 is 10.6 Å². The van der Waals surface area contributed by atoms with E-state index in [1.54, 1.807) is 24.3 Å². The van der Waals surface area contributed by atoms with Crippen LogP contribution in [0.3, 0.4) is 0 Å². The Morgan fingerprint density at radius 1 is 1.25 bits per heavy atom. The number of halogens is 2. The van der Waals surface area contributed by atoms with Crippen LogP contribution in [0.2, 0.25) is 5.02 Å². The van der Waals surface area contributed by atoms with Crippen molar-refractivity contribution in [1.82, 2.24) is 10.6 Å². The molecule has 3 N–H and O–H groups in total. The Kier molecular flexibility index (Phi) is 6.13. The van der Waals surface area contributed by atoms with Crippen LogP contribution >= 0.6 is 11.6 Å². The molecule has 0 aliphatic carbocycles. The zero-order chi connectivity index (χ0) is 17.5. The van der Waals surface area contributed by atoms with E-state index in [9.17, 15) is 14.3 Å². The molecule has 0 saturated carbocycles. The van der Waals surface area contributed by atoms with Gasteiger partial charge >= 0.3 is 6.03 Å². The van der Waals surface area contributed by atoms with E-state index in [1.165, 1.54) is 12.1 Å². The van der Waals surface area contributed by atoms with Gasteiger partial charge < -0.3 is 15.7 Å². The minimum atomic E-state index is -1.04. The molecule has 0 unspecified atom stereocenters. The smallest absolute Gasteiger partial charge is 0.315 e. The summed E-state index contributed by atoms with van der Waals surface area (Å²) in [6, 6.07) is 12.3. The van der Waals surface area contributed by atoms with Crippen LogP contribution in [0.1, 0.15) is 22.8 Å². The number of nitrogens with zero attached hydrogens (tertiary/aromatic N) is 1. The summed E-state index contributed by atoms with van der Waals surface area (Å²) in [5.74, 6) is -0.626. The fraction of sp³-hybridized carbons (Fsp3) is 0.176. The molecule has 0 spiro atoms. The van der Waals surface area contributed by atoms with Gasteiger partial charge in [0, 0.05) is 13.1 Å². The quantitative estimate of drug-likeness (QED) is 0.777. The highest BCUT2D eigenvalue weighted by atomic mass is 35.5. The van der Waals surface area contributed by atoms with Gasteiger partial charge in [-0.15, -0.1) is 0 Å². The summed E-state index contributed by atoms with van der Waals surface area (Å²) in [4.78, 5) is 11.7. The standard InChI is InChI=1S/C17H15ClFN3O2/c18-14-6-5-13(7-15(14)19)16(23)10-22-17(24)21-9-12-3-1-11(8-20)2-4-12/h1-7,16,23H,9-10H2,(H2,21,22,24)/t16-/m0/s1. The average molecular weight is 348 g/mol. The maximum Gasteiger partial charge on any atom is 0.315 e. The molecule has 2 rings (SSSR count). The average Bonchev–Trinajstić information content (AvgIpc) is 2.60. The number of rotatable bonds is 5. The highest BCUT2D eigenvalue weighted by molar-refractivity contribution is 6.30. The lowest BCUT2D eigenvalue weighted by Gasteiger charge is -2.13. The van der Waals surface area contributed by atoms with E-state index in [4.69, 9.17) is 16.9 Å². The Hall–Kier alpha value is -2.62. The summed E-state index contributed by atoms with van der Waals surface area (Å²) in [6.45, 7) is 0.212. The first-order chi connectivity index (χ1) is 11.5. The second kappa shape index (κ2) is 8.29. The number of nitrogens with one attached hydrogen (secondary N) is 2. The predicted molar refractivity (Wildman–Crippen MR) is 87.8 cm³/mol. The van der Waals surface area contributed by atoms with E-state index >= 15 is 0 Å². The first-order valence-electron chi connectivity index (χ1n) is 7.13. The molecule has 7 heteroatoms. The van der Waals surface area contributed by atoms with Crippen LogP contribution in [0.4, 0.5) is 9.18 Å².